The predicted octanol–water partition coefficient (Wildman–Crippen LogP) is 0.452. The number of nitrogens with zero attached hydrogens (tertiary/aromatic N) is 3. The molecule has 100 valence electrons. The van der Waals surface area contributed by atoms with E-state index in [2.05, 4.69) is 15.3 Å². The van der Waals surface area contributed by atoms with Gasteiger partial charge in [-0.15, -0.1) is 0 Å². The van der Waals surface area contributed by atoms with Gasteiger partial charge in [-0.05, 0) is 13.3 Å². The van der Waals surface area contributed by atoms with Crippen LogP contribution in [-0.2, 0) is 9.84 Å². The SMILES string of the molecule is CNc1ncnc(N2CCCS(=O)(=O)CC2)c1C. The van der Waals surface area contributed by atoms with E-state index in [4.69, 9.17) is 0 Å². The lowest BCUT2D eigenvalue weighted by atomic mass is 10.2. The van der Waals surface area contributed by atoms with Crippen molar-refractivity contribution < 1.29 is 8.42 Å². The highest BCUT2D eigenvalue weighted by atomic mass is 32.2. The van der Waals surface area contributed by atoms with Gasteiger partial charge in [0.05, 0.1) is 11.5 Å². The molecule has 0 aliphatic carbocycles. The van der Waals surface area contributed by atoms with Crippen LogP contribution in [0.5, 0.6) is 0 Å². The minimum absolute atomic E-state index is 0.200. The highest BCUT2D eigenvalue weighted by Gasteiger charge is 2.21. The van der Waals surface area contributed by atoms with E-state index in [1.807, 2.05) is 18.9 Å². The monoisotopic (exact) mass is 270 g/mol. The molecule has 2 rings (SSSR count). The second-order valence-electron chi connectivity index (χ2n) is 4.41. The predicted molar refractivity (Wildman–Crippen MR) is 71.8 cm³/mol. The largest absolute Gasteiger partial charge is 0.373 e. The molecule has 2 heterocycles. The van der Waals surface area contributed by atoms with Crippen molar-refractivity contribution >= 4 is 21.5 Å². The standard InChI is InChI=1S/C11H18N4O2S/c1-9-10(12-2)13-8-14-11(9)15-4-3-6-18(16,17)7-5-15/h8H,3-7H2,1-2H3,(H,12,13,14). The molecule has 0 unspecified atom stereocenters. The number of rotatable bonds is 2. The number of hydrogen-bond donors (Lipinski definition) is 1. The molecule has 1 aliphatic heterocycles. The highest BCUT2D eigenvalue weighted by molar-refractivity contribution is 7.91. The molecular weight excluding hydrogens is 252 g/mol. The van der Waals surface area contributed by atoms with Gasteiger partial charge in [0.25, 0.3) is 0 Å². The fraction of sp³-hybridized carbons (Fsp3) is 0.636. The second-order valence-corrected chi connectivity index (χ2v) is 6.72. The summed E-state index contributed by atoms with van der Waals surface area (Å²) in [5.74, 6) is 2.08. The maximum Gasteiger partial charge on any atom is 0.152 e. The van der Waals surface area contributed by atoms with Crippen molar-refractivity contribution in [3.05, 3.63) is 11.9 Å². The summed E-state index contributed by atoms with van der Waals surface area (Å²) in [5.41, 5.74) is 0.958. The second kappa shape index (κ2) is 5.09. The van der Waals surface area contributed by atoms with Gasteiger partial charge in [0.15, 0.2) is 9.84 Å². The van der Waals surface area contributed by atoms with Crippen LogP contribution in [0.3, 0.4) is 0 Å². The zero-order chi connectivity index (χ0) is 13.2. The van der Waals surface area contributed by atoms with Crippen molar-refractivity contribution in [1.29, 1.82) is 0 Å². The van der Waals surface area contributed by atoms with E-state index in [9.17, 15) is 8.42 Å². The first-order valence-corrected chi connectivity index (χ1v) is 7.80. The van der Waals surface area contributed by atoms with Crippen molar-refractivity contribution in [3.63, 3.8) is 0 Å². The molecule has 0 aromatic carbocycles. The van der Waals surface area contributed by atoms with E-state index < -0.39 is 9.84 Å². The number of anilines is 2. The molecule has 1 aromatic heterocycles. The number of aromatic nitrogens is 2. The van der Waals surface area contributed by atoms with Crippen molar-refractivity contribution in [2.75, 3.05) is 41.9 Å². The lowest BCUT2D eigenvalue weighted by Gasteiger charge is -2.23. The summed E-state index contributed by atoms with van der Waals surface area (Å²) in [6, 6.07) is 0. The first-order chi connectivity index (χ1) is 8.53. The van der Waals surface area contributed by atoms with E-state index in [0.717, 1.165) is 23.7 Å². The summed E-state index contributed by atoms with van der Waals surface area (Å²) < 4.78 is 23.2. The lowest BCUT2D eigenvalue weighted by molar-refractivity contribution is 0.597. The van der Waals surface area contributed by atoms with Crippen molar-refractivity contribution in [2.45, 2.75) is 13.3 Å². The Labute approximate surface area is 107 Å². The van der Waals surface area contributed by atoms with E-state index in [0.29, 0.717) is 13.0 Å². The van der Waals surface area contributed by atoms with Crippen molar-refractivity contribution in [3.8, 4) is 0 Å². The van der Waals surface area contributed by atoms with E-state index in [-0.39, 0.29) is 11.5 Å². The molecule has 0 radical (unpaired) electrons. The lowest BCUT2D eigenvalue weighted by Crippen LogP contribution is -2.28. The molecule has 7 heteroatoms. The summed E-state index contributed by atoms with van der Waals surface area (Å²) in [4.78, 5) is 10.4. The molecule has 18 heavy (non-hydrogen) atoms. The maximum absolute atomic E-state index is 11.6. The molecule has 0 amide bonds. The zero-order valence-electron chi connectivity index (χ0n) is 10.7. The van der Waals surface area contributed by atoms with Gasteiger partial charge in [0.2, 0.25) is 0 Å². The van der Waals surface area contributed by atoms with Crippen LogP contribution in [-0.4, -0.2) is 50.0 Å². The van der Waals surface area contributed by atoms with Gasteiger partial charge in [-0.2, -0.15) is 0 Å². The third-order valence-electron chi connectivity index (χ3n) is 3.15. The van der Waals surface area contributed by atoms with Crippen LogP contribution in [0, 0.1) is 6.92 Å². The Kier molecular flexibility index (Phi) is 3.70. The summed E-state index contributed by atoms with van der Waals surface area (Å²) in [5, 5.41) is 3.01. The molecule has 0 saturated carbocycles. The molecule has 0 bridgehead atoms. The summed E-state index contributed by atoms with van der Waals surface area (Å²) in [6.45, 7) is 3.17. The Balaban J connectivity index is 2.26. The Morgan fingerprint density at radius 3 is 2.78 bits per heavy atom. The Morgan fingerprint density at radius 1 is 1.28 bits per heavy atom. The number of hydrogen-bond acceptors (Lipinski definition) is 6. The van der Waals surface area contributed by atoms with Crippen LogP contribution in [0.4, 0.5) is 11.6 Å². The van der Waals surface area contributed by atoms with Crippen molar-refractivity contribution in [1.82, 2.24) is 9.97 Å². The smallest absolute Gasteiger partial charge is 0.152 e. The van der Waals surface area contributed by atoms with Gasteiger partial charge < -0.3 is 10.2 Å². The van der Waals surface area contributed by atoms with E-state index in [1.54, 1.807) is 0 Å². The molecule has 1 N–H and O–H groups in total. The Bertz CT molecular complexity index is 530. The zero-order valence-corrected chi connectivity index (χ0v) is 11.5. The van der Waals surface area contributed by atoms with Crippen LogP contribution < -0.4 is 10.2 Å². The Hall–Kier alpha value is -1.37. The summed E-state index contributed by atoms with van der Waals surface area (Å²) in [6.07, 6.45) is 2.16. The fourth-order valence-corrected chi connectivity index (χ4v) is 3.43. The normalized spacial score (nSPS) is 19.3. The quantitative estimate of drug-likeness (QED) is 0.841. The first-order valence-electron chi connectivity index (χ1n) is 5.98. The topological polar surface area (TPSA) is 75.2 Å². The van der Waals surface area contributed by atoms with Gasteiger partial charge in [0.1, 0.15) is 18.0 Å². The van der Waals surface area contributed by atoms with E-state index in [1.165, 1.54) is 6.33 Å². The average Bonchev–Trinajstić information content (AvgIpc) is 2.51. The molecule has 1 fully saturated rings. The summed E-state index contributed by atoms with van der Waals surface area (Å²) >= 11 is 0. The Morgan fingerprint density at radius 2 is 2.06 bits per heavy atom. The fourth-order valence-electron chi connectivity index (χ4n) is 2.16. The highest BCUT2D eigenvalue weighted by Crippen LogP contribution is 2.23. The minimum Gasteiger partial charge on any atom is -0.373 e. The van der Waals surface area contributed by atoms with Crippen LogP contribution in [0.25, 0.3) is 0 Å². The number of sulfone groups is 1. The van der Waals surface area contributed by atoms with E-state index >= 15 is 0 Å². The molecule has 1 aromatic rings. The van der Waals surface area contributed by atoms with Gasteiger partial charge in [-0.25, -0.2) is 18.4 Å². The van der Waals surface area contributed by atoms with Crippen LogP contribution in [0.1, 0.15) is 12.0 Å². The third kappa shape index (κ3) is 2.72. The molecule has 0 atom stereocenters. The first kappa shape index (κ1) is 13.1. The van der Waals surface area contributed by atoms with Crippen molar-refractivity contribution in [2.24, 2.45) is 0 Å². The minimum atomic E-state index is -2.89. The molecule has 0 spiro atoms. The summed E-state index contributed by atoms with van der Waals surface area (Å²) in [7, 11) is -1.08. The molecule has 6 nitrogen and oxygen atoms in total. The van der Waals surface area contributed by atoms with Gasteiger partial charge in [0, 0.05) is 25.7 Å². The number of nitrogens with one attached hydrogen (secondary N) is 1. The molecular formula is C11H18N4O2S. The average molecular weight is 270 g/mol. The van der Waals surface area contributed by atoms with Gasteiger partial charge in [-0.3, -0.25) is 0 Å². The van der Waals surface area contributed by atoms with Gasteiger partial charge >= 0.3 is 0 Å². The van der Waals surface area contributed by atoms with Crippen LogP contribution in [0.15, 0.2) is 6.33 Å². The molecule has 1 aliphatic rings. The maximum atomic E-state index is 11.6. The van der Waals surface area contributed by atoms with Crippen LogP contribution in [0.2, 0.25) is 0 Å². The third-order valence-corrected chi connectivity index (χ3v) is 4.86. The molecule has 1 saturated heterocycles. The van der Waals surface area contributed by atoms with Crippen LogP contribution >= 0.6 is 0 Å². The van der Waals surface area contributed by atoms with Gasteiger partial charge in [-0.1, -0.05) is 0 Å².